The van der Waals surface area contributed by atoms with Gasteiger partial charge in [0, 0.05) is 23.5 Å². The number of nitrogens with one attached hydrogen (secondary N) is 1. The van der Waals surface area contributed by atoms with Crippen molar-refractivity contribution in [2.45, 2.75) is 19.3 Å². The highest BCUT2D eigenvalue weighted by Gasteiger charge is 2.15. The summed E-state index contributed by atoms with van der Waals surface area (Å²) in [7, 11) is 0. The number of nitrogens with zero attached hydrogens (tertiary/aromatic N) is 2. The summed E-state index contributed by atoms with van der Waals surface area (Å²) in [5.41, 5.74) is 6.60. The summed E-state index contributed by atoms with van der Waals surface area (Å²) in [6.07, 6.45) is 6.23. The summed E-state index contributed by atoms with van der Waals surface area (Å²) in [5.74, 6) is -0.206. The first-order valence-electron chi connectivity index (χ1n) is 6.70. The predicted octanol–water partition coefficient (Wildman–Crippen LogP) is 2.55. The molecule has 1 aliphatic rings. The van der Waals surface area contributed by atoms with Crippen molar-refractivity contribution in [3.8, 4) is 0 Å². The van der Waals surface area contributed by atoms with E-state index in [0.717, 1.165) is 30.5 Å². The van der Waals surface area contributed by atoms with Gasteiger partial charge in [0.05, 0.1) is 5.71 Å². The summed E-state index contributed by atoms with van der Waals surface area (Å²) in [6.45, 7) is 0. The molecule has 0 spiro atoms. The molecular formula is C16H15N3O. The minimum atomic E-state index is -0.206. The number of hydrazone groups is 1. The van der Waals surface area contributed by atoms with E-state index in [1.165, 1.54) is 5.56 Å². The first-order valence-corrected chi connectivity index (χ1v) is 6.70. The number of pyridine rings is 1. The van der Waals surface area contributed by atoms with Crippen LogP contribution in [0.15, 0.2) is 53.9 Å². The molecule has 100 valence electrons. The smallest absolute Gasteiger partial charge is 0.267 e. The standard InChI is InChI=1S/C16H15N3O/c20-16(13-8-10-17-11-9-13)19-18-15-7-3-5-12-4-1-2-6-14(12)15/h1-2,4,6,8-11H,3,5,7H2,(H,19,20)/b18-15+. The fourth-order valence-electron chi connectivity index (χ4n) is 2.40. The largest absolute Gasteiger partial charge is 0.271 e. The lowest BCUT2D eigenvalue weighted by Crippen LogP contribution is -2.22. The van der Waals surface area contributed by atoms with Crippen molar-refractivity contribution in [2.24, 2.45) is 5.10 Å². The maximum absolute atomic E-state index is 12.0. The Morgan fingerprint density at radius 2 is 1.90 bits per heavy atom. The third-order valence-corrected chi connectivity index (χ3v) is 3.42. The predicted molar refractivity (Wildman–Crippen MR) is 77.6 cm³/mol. The second kappa shape index (κ2) is 5.65. The Morgan fingerprint density at radius 1 is 1.10 bits per heavy atom. The highest BCUT2D eigenvalue weighted by molar-refractivity contribution is 6.04. The monoisotopic (exact) mass is 265 g/mol. The van der Waals surface area contributed by atoms with Gasteiger partial charge in [0.25, 0.3) is 5.91 Å². The van der Waals surface area contributed by atoms with Gasteiger partial charge in [-0.3, -0.25) is 9.78 Å². The summed E-state index contributed by atoms with van der Waals surface area (Å²) in [6, 6.07) is 11.6. The topological polar surface area (TPSA) is 54.4 Å². The number of fused-ring (bicyclic) bond motifs is 1. The van der Waals surface area contributed by atoms with Gasteiger partial charge in [-0.15, -0.1) is 0 Å². The molecular weight excluding hydrogens is 250 g/mol. The SMILES string of the molecule is O=C(N/N=C1\CCCc2ccccc21)c1ccncc1. The van der Waals surface area contributed by atoms with Gasteiger partial charge >= 0.3 is 0 Å². The molecule has 0 bridgehead atoms. The van der Waals surface area contributed by atoms with Crippen LogP contribution in [0.4, 0.5) is 0 Å². The van der Waals surface area contributed by atoms with E-state index < -0.39 is 0 Å². The molecule has 0 saturated heterocycles. The van der Waals surface area contributed by atoms with Crippen LogP contribution in [-0.4, -0.2) is 16.6 Å². The minimum absolute atomic E-state index is 0.206. The van der Waals surface area contributed by atoms with E-state index in [2.05, 4.69) is 27.6 Å². The van der Waals surface area contributed by atoms with E-state index in [-0.39, 0.29) is 5.91 Å². The molecule has 0 fully saturated rings. The van der Waals surface area contributed by atoms with Gasteiger partial charge in [-0.2, -0.15) is 5.10 Å². The van der Waals surface area contributed by atoms with Crippen LogP contribution >= 0.6 is 0 Å². The zero-order chi connectivity index (χ0) is 13.8. The molecule has 1 N–H and O–H groups in total. The Bertz CT molecular complexity index is 650. The Hall–Kier alpha value is -2.49. The lowest BCUT2D eigenvalue weighted by atomic mass is 9.90. The van der Waals surface area contributed by atoms with Crippen molar-refractivity contribution in [2.75, 3.05) is 0 Å². The first kappa shape index (κ1) is 12.5. The summed E-state index contributed by atoms with van der Waals surface area (Å²) < 4.78 is 0. The zero-order valence-electron chi connectivity index (χ0n) is 11.0. The Balaban J connectivity index is 1.79. The van der Waals surface area contributed by atoms with Crippen molar-refractivity contribution in [3.63, 3.8) is 0 Å². The van der Waals surface area contributed by atoms with Crippen molar-refractivity contribution in [1.29, 1.82) is 0 Å². The molecule has 4 heteroatoms. The number of carbonyl (C=O) groups is 1. The maximum atomic E-state index is 12.0. The van der Waals surface area contributed by atoms with Gasteiger partial charge in [-0.1, -0.05) is 24.3 Å². The second-order valence-corrected chi connectivity index (χ2v) is 4.75. The van der Waals surface area contributed by atoms with Crippen molar-refractivity contribution >= 4 is 11.6 Å². The lowest BCUT2D eigenvalue weighted by molar-refractivity contribution is 0.0954. The molecule has 0 unspecified atom stereocenters. The van der Waals surface area contributed by atoms with E-state index in [1.54, 1.807) is 24.5 Å². The third-order valence-electron chi connectivity index (χ3n) is 3.42. The van der Waals surface area contributed by atoms with Gasteiger partial charge in [0.15, 0.2) is 0 Å². The van der Waals surface area contributed by atoms with Crippen LogP contribution in [0.5, 0.6) is 0 Å². The van der Waals surface area contributed by atoms with Crippen LogP contribution in [0.3, 0.4) is 0 Å². The van der Waals surface area contributed by atoms with Crippen LogP contribution in [0.2, 0.25) is 0 Å². The molecule has 0 aliphatic heterocycles. The number of carbonyl (C=O) groups excluding carboxylic acids is 1. The fraction of sp³-hybridized carbons (Fsp3) is 0.188. The van der Waals surface area contributed by atoms with E-state index in [4.69, 9.17) is 0 Å². The number of amides is 1. The van der Waals surface area contributed by atoms with Crippen molar-refractivity contribution in [1.82, 2.24) is 10.4 Å². The number of hydrogen-bond donors (Lipinski definition) is 1. The molecule has 0 atom stereocenters. The maximum Gasteiger partial charge on any atom is 0.271 e. The Kier molecular flexibility index (Phi) is 3.54. The van der Waals surface area contributed by atoms with Crippen LogP contribution in [0, 0.1) is 0 Å². The van der Waals surface area contributed by atoms with Gasteiger partial charge in [-0.05, 0) is 37.0 Å². The van der Waals surface area contributed by atoms with Gasteiger partial charge in [0.2, 0.25) is 0 Å². The van der Waals surface area contributed by atoms with Crippen molar-refractivity contribution in [3.05, 3.63) is 65.5 Å². The zero-order valence-corrected chi connectivity index (χ0v) is 11.0. The lowest BCUT2D eigenvalue weighted by Gasteiger charge is -2.17. The Morgan fingerprint density at radius 3 is 2.75 bits per heavy atom. The second-order valence-electron chi connectivity index (χ2n) is 4.75. The Labute approximate surface area is 117 Å². The van der Waals surface area contributed by atoms with E-state index >= 15 is 0 Å². The molecule has 1 aliphatic carbocycles. The van der Waals surface area contributed by atoms with Crippen molar-refractivity contribution < 1.29 is 4.79 Å². The molecule has 0 saturated carbocycles. The number of hydrogen-bond acceptors (Lipinski definition) is 3. The molecule has 20 heavy (non-hydrogen) atoms. The fourth-order valence-corrected chi connectivity index (χ4v) is 2.40. The number of rotatable bonds is 2. The molecule has 1 aromatic heterocycles. The third kappa shape index (κ3) is 2.59. The summed E-state index contributed by atoms with van der Waals surface area (Å²) in [4.78, 5) is 15.8. The summed E-state index contributed by atoms with van der Waals surface area (Å²) in [5, 5.41) is 4.30. The van der Waals surface area contributed by atoms with E-state index in [0.29, 0.717) is 5.56 Å². The number of aryl methyl sites for hydroxylation is 1. The normalized spacial score (nSPS) is 15.7. The quantitative estimate of drug-likeness (QED) is 0.848. The molecule has 1 amide bonds. The van der Waals surface area contributed by atoms with Gasteiger partial charge in [-0.25, -0.2) is 5.43 Å². The molecule has 1 heterocycles. The number of benzene rings is 1. The highest BCUT2D eigenvalue weighted by Crippen LogP contribution is 2.21. The van der Waals surface area contributed by atoms with Gasteiger partial charge < -0.3 is 0 Å². The van der Waals surface area contributed by atoms with E-state index in [1.807, 2.05) is 12.1 Å². The molecule has 2 aromatic rings. The van der Waals surface area contributed by atoms with Gasteiger partial charge in [0.1, 0.15) is 0 Å². The first-order chi connectivity index (χ1) is 9.84. The molecule has 0 radical (unpaired) electrons. The molecule has 1 aromatic carbocycles. The summed E-state index contributed by atoms with van der Waals surface area (Å²) >= 11 is 0. The minimum Gasteiger partial charge on any atom is -0.267 e. The average molecular weight is 265 g/mol. The van der Waals surface area contributed by atoms with Crippen LogP contribution in [0.25, 0.3) is 0 Å². The number of aromatic nitrogens is 1. The van der Waals surface area contributed by atoms with E-state index in [9.17, 15) is 4.79 Å². The van der Waals surface area contributed by atoms with Crippen LogP contribution in [-0.2, 0) is 6.42 Å². The van der Waals surface area contributed by atoms with Crippen LogP contribution < -0.4 is 5.43 Å². The average Bonchev–Trinajstić information content (AvgIpc) is 2.53. The molecule has 3 rings (SSSR count). The highest BCUT2D eigenvalue weighted by atomic mass is 16.2. The van der Waals surface area contributed by atoms with Crippen LogP contribution in [0.1, 0.15) is 34.3 Å². The molecule has 4 nitrogen and oxygen atoms in total.